The summed E-state index contributed by atoms with van der Waals surface area (Å²) in [7, 11) is -3.05. The maximum Gasteiger partial charge on any atom is 0.695 e. The molecule has 0 bridgehead atoms. The van der Waals surface area contributed by atoms with Gasteiger partial charge in [0.2, 0.25) is 0 Å². The summed E-state index contributed by atoms with van der Waals surface area (Å²) >= 11 is 0. The van der Waals surface area contributed by atoms with Gasteiger partial charge in [0.1, 0.15) is 12.2 Å². The van der Waals surface area contributed by atoms with Gasteiger partial charge in [-0.1, -0.05) is 96.8 Å². The van der Waals surface area contributed by atoms with E-state index in [-0.39, 0.29) is 18.5 Å². The molecule has 15 heteroatoms. The highest BCUT2D eigenvalue weighted by atomic mass is 31.1. The normalized spacial score (nSPS) is 19.9. The van der Waals surface area contributed by atoms with Gasteiger partial charge in [-0.05, 0) is 26.2 Å². The van der Waals surface area contributed by atoms with Crippen molar-refractivity contribution < 1.29 is 42.9 Å². The topological polar surface area (TPSA) is 195 Å². The predicted octanol–water partition coefficient (Wildman–Crippen LogP) is 4.94. The highest BCUT2D eigenvalue weighted by Gasteiger charge is 2.51. The van der Waals surface area contributed by atoms with Gasteiger partial charge in [-0.25, -0.2) is 4.79 Å². The molecule has 14 nitrogen and oxygen atoms in total. The molecule has 0 saturated carbocycles. The van der Waals surface area contributed by atoms with Gasteiger partial charge in [0.15, 0.2) is 18.4 Å². The maximum atomic E-state index is 12.4. The standard InChI is InChI=1S/C34H58N3O11P/c1-3-4-5-6-7-8-9-10-11-12-13-14-17-20-29(40)46-26(2)32(41)35-22-18-15-16-19-24-45-31-30(48-49(43)44)27(25-38)47-33(31)37-23-21-28(39)36-34(37)42/h21,23,26-27,30-31,33,38H,3-20,22,24-25H2,1-2H3,(H2-,35,36,39,41,42,43,44)/p+1/t26?,27-,30?,31+,33-/m1/s1. The van der Waals surface area contributed by atoms with Crippen molar-refractivity contribution in [2.75, 3.05) is 19.8 Å². The first-order chi connectivity index (χ1) is 23.7. The monoisotopic (exact) mass is 716 g/mol. The van der Waals surface area contributed by atoms with Crippen LogP contribution in [0, 0.1) is 0 Å². The summed E-state index contributed by atoms with van der Waals surface area (Å²) in [6.07, 6.45) is 15.2. The zero-order valence-electron chi connectivity index (χ0n) is 29.4. The van der Waals surface area contributed by atoms with Crippen LogP contribution in [0.1, 0.15) is 136 Å². The van der Waals surface area contributed by atoms with E-state index in [1.54, 1.807) is 6.92 Å². The van der Waals surface area contributed by atoms with E-state index in [2.05, 4.69) is 17.2 Å². The molecule has 0 aromatic carbocycles. The second-order valence-corrected chi connectivity index (χ2v) is 13.4. The van der Waals surface area contributed by atoms with Gasteiger partial charge >= 0.3 is 19.9 Å². The summed E-state index contributed by atoms with van der Waals surface area (Å²) in [5, 5.41) is 12.5. The Kier molecular flexibility index (Phi) is 22.2. The van der Waals surface area contributed by atoms with Crippen molar-refractivity contribution in [2.45, 2.75) is 160 Å². The fourth-order valence-corrected chi connectivity index (χ4v) is 6.33. The molecule has 0 radical (unpaired) electrons. The van der Waals surface area contributed by atoms with Crippen molar-refractivity contribution in [2.24, 2.45) is 0 Å². The first-order valence-electron chi connectivity index (χ1n) is 18.2. The molecule has 0 aliphatic carbocycles. The minimum Gasteiger partial charge on any atom is -0.453 e. The van der Waals surface area contributed by atoms with Gasteiger partial charge < -0.3 is 24.6 Å². The number of hydrogen-bond donors (Lipinski definition) is 4. The highest BCUT2D eigenvalue weighted by molar-refractivity contribution is 7.32. The molecule has 49 heavy (non-hydrogen) atoms. The van der Waals surface area contributed by atoms with E-state index in [0.717, 1.165) is 42.7 Å². The first kappa shape index (κ1) is 42.7. The lowest BCUT2D eigenvalue weighted by Crippen LogP contribution is -2.40. The number of carbonyl (C=O) groups is 2. The minimum absolute atomic E-state index is 0.196. The number of rotatable bonds is 28. The molecule has 1 aliphatic heterocycles. The Hall–Kier alpha value is -2.48. The number of carbonyl (C=O) groups excluding carboxylic acids is 2. The predicted molar refractivity (Wildman–Crippen MR) is 184 cm³/mol. The van der Waals surface area contributed by atoms with Crippen molar-refractivity contribution in [1.82, 2.24) is 14.9 Å². The van der Waals surface area contributed by atoms with E-state index < -0.39 is 56.8 Å². The number of aromatic amines is 1. The number of H-pyrrole nitrogens is 1. The molecule has 1 fully saturated rings. The Bertz CT molecular complexity index is 1210. The summed E-state index contributed by atoms with van der Waals surface area (Å²) in [4.78, 5) is 59.8. The van der Waals surface area contributed by atoms with E-state index in [1.165, 1.54) is 70.4 Å². The lowest BCUT2D eigenvalue weighted by Gasteiger charge is -2.22. The third-order valence-corrected chi connectivity index (χ3v) is 9.07. The molecule has 1 aromatic rings. The zero-order valence-corrected chi connectivity index (χ0v) is 30.2. The quantitative estimate of drug-likeness (QED) is 0.0521. The van der Waals surface area contributed by atoms with E-state index in [0.29, 0.717) is 25.8 Å². The third-order valence-electron chi connectivity index (χ3n) is 8.65. The average molecular weight is 717 g/mol. The number of nitrogens with zero attached hydrogens (tertiary/aromatic N) is 1. The van der Waals surface area contributed by atoms with Crippen LogP contribution in [0.4, 0.5) is 0 Å². The van der Waals surface area contributed by atoms with E-state index in [1.807, 2.05) is 0 Å². The summed E-state index contributed by atoms with van der Waals surface area (Å²) in [5.74, 6) is -0.687. The first-order valence-corrected chi connectivity index (χ1v) is 19.3. The van der Waals surface area contributed by atoms with Crippen LogP contribution in [0.3, 0.4) is 0 Å². The molecule has 3 unspecified atom stereocenters. The molecule has 1 aromatic heterocycles. The number of esters is 1. The van der Waals surface area contributed by atoms with Gasteiger partial charge in [0.25, 0.3) is 11.5 Å². The Balaban J connectivity index is 1.56. The summed E-state index contributed by atoms with van der Waals surface area (Å²) in [5.41, 5.74) is -1.37. The Labute approximate surface area is 290 Å². The van der Waals surface area contributed by atoms with Crippen LogP contribution in [0.25, 0.3) is 0 Å². The second-order valence-electron chi connectivity index (χ2n) is 12.7. The molecular formula is C34H59N3O11P+. The fraction of sp³-hybridized carbons (Fsp3) is 0.824. The van der Waals surface area contributed by atoms with Crippen LogP contribution in [0.5, 0.6) is 0 Å². The molecule has 2 heterocycles. The van der Waals surface area contributed by atoms with Gasteiger partial charge in [-0.15, -0.1) is 9.42 Å². The molecule has 1 saturated heterocycles. The maximum absolute atomic E-state index is 12.4. The number of ether oxygens (including phenoxy) is 3. The van der Waals surface area contributed by atoms with Crippen LogP contribution in [0.15, 0.2) is 21.9 Å². The third kappa shape index (κ3) is 17.3. The molecule has 6 atom stereocenters. The van der Waals surface area contributed by atoms with Crippen molar-refractivity contribution in [3.05, 3.63) is 33.1 Å². The van der Waals surface area contributed by atoms with Crippen molar-refractivity contribution >= 4 is 20.1 Å². The van der Waals surface area contributed by atoms with Crippen LogP contribution in [-0.2, 0) is 32.9 Å². The molecule has 1 amide bonds. The minimum atomic E-state index is -3.05. The lowest BCUT2D eigenvalue weighted by atomic mass is 10.0. The van der Waals surface area contributed by atoms with Crippen LogP contribution in [-0.4, -0.2) is 75.6 Å². The summed E-state index contributed by atoms with van der Waals surface area (Å²) < 4.78 is 34.5. The SMILES string of the molecule is CCCCCCCCCCCCCCCC(=O)OC(C)C(=O)NCCCCCCO[C@H]1C(O[P+](=O)O)[C@@H](CO)O[C@H]1n1ccc(=O)[nH]c1=O. The van der Waals surface area contributed by atoms with E-state index in [4.69, 9.17) is 18.7 Å². The van der Waals surface area contributed by atoms with E-state index >= 15 is 0 Å². The number of aliphatic hydroxyl groups excluding tert-OH is 1. The molecular weight excluding hydrogens is 657 g/mol. The van der Waals surface area contributed by atoms with E-state index in [9.17, 15) is 33.7 Å². The fourth-order valence-electron chi connectivity index (χ4n) is 5.87. The highest BCUT2D eigenvalue weighted by Crippen LogP contribution is 2.37. The van der Waals surface area contributed by atoms with Crippen LogP contribution < -0.4 is 16.6 Å². The lowest BCUT2D eigenvalue weighted by molar-refractivity contribution is -0.154. The Morgan fingerprint density at radius 3 is 2.12 bits per heavy atom. The number of hydrogen-bond acceptors (Lipinski definition) is 10. The van der Waals surface area contributed by atoms with Gasteiger partial charge in [-0.3, -0.25) is 23.9 Å². The molecule has 0 spiro atoms. The number of aromatic nitrogens is 2. The largest absolute Gasteiger partial charge is 0.695 e. The van der Waals surface area contributed by atoms with Crippen LogP contribution >= 0.6 is 8.25 Å². The number of amides is 1. The second kappa shape index (κ2) is 25.5. The number of aliphatic hydroxyl groups is 1. The summed E-state index contributed by atoms with van der Waals surface area (Å²) in [6.45, 7) is 3.88. The van der Waals surface area contributed by atoms with Gasteiger partial charge in [0, 0.05) is 36.4 Å². The summed E-state index contributed by atoms with van der Waals surface area (Å²) in [6, 6.07) is 1.13. The van der Waals surface area contributed by atoms with Gasteiger partial charge in [-0.2, -0.15) is 0 Å². The molecule has 280 valence electrons. The van der Waals surface area contributed by atoms with Crippen molar-refractivity contribution in [1.29, 1.82) is 0 Å². The van der Waals surface area contributed by atoms with Gasteiger partial charge in [0.05, 0.1) is 6.61 Å². The Morgan fingerprint density at radius 1 is 0.939 bits per heavy atom. The average Bonchev–Trinajstić information content (AvgIpc) is 3.40. The smallest absolute Gasteiger partial charge is 0.453 e. The number of nitrogens with one attached hydrogen (secondary N) is 2. The molecule has 1 aliphatic rings. The Morgan fingerprint density at radius 2 is 1.53 bits per heavy atom. The molecule has 4 N–H and O–H groups in total. The molecule has 2 rings (SSSR count). The number of unbranched alkanes of at least 4 members (excludes halogenated alkanes) is 15. The van der Waals surface area contributed by atoms with Crippen molar-refractivity contribution in [3.8, 4) is 0 Å². The van der Waals surface area contributed by atoms with Crippen molar-refractivity contribution in [3.63, 3.8) is 0 Å². The zero-order chi connectivity index (χ0) is 35.9. The van der Waals surface area contributed by atoms with Crippen LogP contribution in [0.2, 0.25) is 0 Å².